The number of benzene rings is 10. The third kappa shape index (κ3) is 5.44. The van der Waals surface area contributed by atoms with Gasteiger partial charge in [-0.1, -0.05) is 158 Å². The van der Waals surface area contributed by atoms with E-state index in [9.17, 15) is 0 Å². The fraction of sp³-hybridized carbons (Fsp3) is 0. The molecule has 0 radical (unpaired) electrons. The lowest BCUT2D eigenvalue weighted by molar-refractivity contribution is 0.669. The van der Waals surface area contributed by atoms with E-state index in [4.69, 9.17) is 8.83 Å². The molecule has 0 unspecified atom stereocenters. The van der Waals surface area contributed by atoms with Gasteiger partial charge in [-0.3, -0.25) is 0 Å². The van der Waals surface area contributed by atoms with Crippen LogP contribution in [0.5, 0.6) is 0 Å². The Bertz CT molecular complexity index is 3540. The first-order chi connectivity index (χ1) is 29.2. The minimum absolute atomic E-state index is 0.862. The number of hydrogen-bond acceptors (Lipinski definition) is 3. The Morgan fingerprint density at radius 2 is 0.814 bits per heavy atom. The molecule has 0 aliphatic carbocycles. The second-order valence-electron chi connectivity index (χ2n) is 15.2. The molecule has 10 aromatic carbocycles. The lowest BCUT2D eigenvalue weighted by Gasteiger charge is -2.27. The first-order valence-corrected chi connectivity index (χ1v) is 20.1. The Balaban J connectivity index is 1.02. The molecule has 2 heterocycles. The lowest BCUT2D eigenvalue weighted by atomic mass is 9.91. The second kappa shape index (κ2) is 13.4. The predicted molar refractivity (Wildman–Crippen MR) is 247 cm³/mol. The molecule has 59 heavy (non-hydrogen) atoms. The molecule has 0 spiro atoms. The molecule has 3 nitrogen and oxygen atoms in total. The summed E-state index contributed by atoms with van der Waals surface area (Å²) in [5.74, 6) is 0. The first kappa shape index (κ1) is 33.3. The molecule has 0 saturated heterocycles. The summed E-state index contributed by atoms with van der Waals surface area (Å²) < 4.78 is 12.9. The summed E-state index contributed by atoms with van der Waals surface area (Å²) in [7, 11) is 0. The molecule has 0 aliphatic rings. The van der Waals surface area contributed by atoms with Gasteiger partial charge in [-0.15, -0.1) is 0 Å². The molecule has 0 saturated carbocycles. The van der Waals surface area contributed by atoms with E-state index in [1.165, 1.54) is 27.5 Å². The number of para-hydroxylation sites is 2. The largest absolute Gasteiger partial charge is 0.456 e. The van der Waals surface area contributed by atoms with Gasteiger partial charge in [0.15, 0.2) is 0 Å². The Hall–Kier alpha value is -7.88. The highest BCUT2D eigenvalue weighted by molar-refractivity contribution is 6.22. The van der Waals surface area contributed by atoms with Gasteiger partial charge in [-0.25, -0.2) is 0 Å². The number of nitrogens with zero attached hydrogens (tertiary/aromatic N) is 1. The van der Waals surface area contributed by atoms with Crippen LogP contribution < -0.4 is 4.90 Å². The molecule has 0 N–H and O–H groups in total. The van der Waals surface area contributed by atoms with E-state index in [-0.39, 0.29) is 0 Å². The van der Waals surface area contributed by atoms with Crippen LogP contribution in [0.1, 0.15) is 0 Å². The van der Waals surface area contributed by atoms with E-state index < -0.39 is 0 Å². The predicted octanol–water partition coefficient (Wildman–Crippen LogP) is 16.3. The fourth-order valence-corrected chi connectivity index (χ4v) is 9.12. The molecule has 0 amide bonds. The zero-order valence-corrected chi connectivity index (χ0v) is 32.0. The molecule has 0 aliphatic heterocycles. The SMILES string of the molecule is c1ccc(-c2cccc3cccc(-c4ccc(N(c5ccc(-c6ccc7c(c6)oc6ccccc67)cc5)c5cc6oc7ccccc7c6c6ccccc56)cc4)c23)cc1. The van der Waals surface area contributed by atoms with Crippen LogP contribution in [-0.2, 0) is 0 Å². The zero-order chi connectivity index (χ0) is 38.9. The van der Waals surface area contributed by atoms with Crippen LogP contribution in [0.25, 0.3) is 98.8 Å². The van der Waals surface area contributed by atoms with E-state index in [1.807, 2.05) is 18.2 Å². The quantitative estimate of drug-likeness (QED) is 0.169. The number of fused-ring (bicyclic) bond motifs is 9. The van der Waals surface area contributed by atoms with E-state index in [1.54, 1.807) is 0 Å². The minimum Gasteiger partial charge on any atom is -0.456 e. The summed E-state index contributed by atoms with van der Waals surface area (Å²) in [5.41, 5.74) is 13.7. The molecule has 12 rings (SSSR count). The number of rotatable bonds is 6. The van der Waals surface area contributed by atoms with E-state index in [2.05, 4.69) is 199 Å². The molecular formula is C56H35NO2. The van der Waals surface area contributed by atoms with Gasteiger partial charge in [-0.05, 0) is 98.1 Å². The first-order valence-electron chi connectivity index (χ1n) is 20.1. The van der Waals surface area contributed by atoms with Gasteiger partial charge in [-0.2, -0.15) is 0 Å². The van der Waals surface area contributed by atoms with Gasteiger partial charge in [0.2, 0.25) is 0 Å². The van der Waals surface area contributed by atoms with Crippen molar-refractivity contribution in [3.8, 4) is 33.4 Å². The highest BCUT2D eigenvalue weighted by Crippen LogP contribution is 2.46. The van der Waals surface area contributed by atoms with Gasteiger partial charge in [0.1, 0.15) is 22.3 Å². The summed E-state index contributed by atoms with van der Waals surface area (Å²) >= 11 is 0. The second-order valence-corrected chi connectivity index (χ2v) is 15.2. The minimum atomic E-state index is 0.862. The van der Waals surface area contributed by atoms with Crippen molar-refractivity contribution in [3.05, 3.63) is 212 Å². The molecule has 2 aromatic heterocycles. The molecule has 3 heteroatoms. The Kier molecular flexibility index (Phi) is 7.54. The maximum absolute atomic E-state index is 6.59. The number of anilines is 3. The maximum atomic E-state index is 6.59. The third-order valence-corrected chi connectivity index (χ3v) is 11.9. The maximum Gasteiger partial charge on any atom is 0.138 e. The van der Waals surface area contributed by atoms with Crippen molar-refractivity contribution in [1.29, 1.82) is 0 Å². The van der Waals surface area contributed by atoms with Gasteiger partial charge in [0.05, 0.1) is 5.69 Å². The van der Waals surface area contributed by atoms with Crippen LogP contribution in [-0.4, -0.2) is 0 Å². The summed E-state index contributed by atoms with van der Waals surface area (Å²) in [5, 5.41) is 9.31. The van der Waals surface area contributed by atoms with Crippen molar-refractivity contribution in [2.24, 2.45) is 0 Å². The molecule has 0 bridgehead atoms. The van der Waals surface area contributed by atoms with Crippen molar-refractivity contribution in [2.75, 3.05) is 4.90 Å². The van der Waals surface area contributed by atoms with Gasteiger partial charge in [0.25, 0.3) is 0 Å². The van der Waals surface area contributed by atoms with Crippen LogP contribution in [0, 0.1) is 0 Å². The Morgan fingerprint density at radius 3 is 1.53 bits per heavy atom. The average molecular weight is 754 g/mol. The van der Waals surface area contributed by atoms with Gasteiger partial charge < -0.3 is 13.7 Å². The smallest absolute Gasteiger partial charge is 0.138 e. The lowest BCUT2D eigenvalue weighted by Crippen LogP contribution is -2.10. The van der Waals surface area contributed by atoms with Crippen LogP contribution >= 0.6 is 0 Å². The molecule has 0 atom stereocenters. The van der Waals surface area contributed by atoms with Crippen molar-refractivity contribution in [3.63, 3.8) is 0 Å². The van der Waals surface area contributed by atoms with E-state index in [0.29, 0.717) is 0 Å². The van der Waals surface area contributed by atoms with Crippen LogP contribution in [0.3, 0.4) is 0 Å². The zero-order valence-electron chi connectivity index (χ0n) is 32.0. The fourth-order valence-electron chi connectivity index (χ4n) is 9.12. The van der Waals surface area contributed by atoms with Crippen molar-refractivity contribution < 1.29 is 8.83 Å². The summed E-state index contributed by atoms with van der Waals surface area (Å²) in [6.07, 6.45) is 0. The number of hydrogen-bond donors (Lipinski definition) is 0. The van der Waals surface area contributed by atoms with Crippen molar-refractivity contribution in [2.45, 2.75) is 0 Å². The van der Waals surface area contributed by atoms with Crippen LogP contribution in [0.4, 0.5) is 17.1 Å². The highest BCUT2D eigenvalue weighted by atomic mass is 16.3. The van der Waals surface area contributed by atoms with Gasteiger partial charge in [0, 0.05) is 44.4 Å². The Morgan fingerprint density at radius 1 is 0.288 bits per heavy atom. The van der Waals surface area contributed by atoms with Crippen LogP contribution in [0.15, 0.2) is 221 Å². The summed E-state index contributed by atoms with van der Waals surface area (Å²) in [6, 6.07) is 75.7. The average Bonchev–Trinajstić information content (AvgIpc) is 3.88. The molecule has 276 valence electrons. The standard InChI is InChI=1S/C56H35NO2/c1-2-12-37(13-3-1)43-20-10-14-39-15-11-21-44(55(39)43)38-26-31-42(32-27-38)57(50-35-54-56(48-18-5-4-16-45(48)50)49-19-7-9-23-52(49)59-54)41-29-24-36(25-30-41)40-28-33-47-46-17-6-8-22-51(46)58-53(47)34-40/h1-35H. The Labute approximate surface area is 340 Å². The van der Waals surface area contributed by atoms with E-state index in [0.717, 1.165) is 88.4 Å². The van der Waals surface area contributed by atoms with Crippen molar-refractivity contribution in [1.82, 2.24) is 0 Å². The summed E-state index contributed by atoms with van der Waals surface area (Å²) in [6.45, 7) is 0. The van der Waals surface area contributed by atoms with Gasteiger partial charge >= 0.3 is 0 Å². The molecular weight excluding hydrogens is 719 g/mol. The normalized spacial score (nSPS) is 11.7. The van der Waals surface area contributed by atoms with Crippen LogP contribution in [0.2, 0.25) is 0 Å². The topological polar surface area (TPSA) is 29.5 Å². The molecule has 0 fully saturated rings. The number of furan rings is 2. The highest BCUT2D eigenvalue weighted by Gasteiger charge is 2.21. The van der Waals surface area contributed by atoms with Crippen molar-refractivity contribution >= 4 is 82.5 Å². The molecule has 12 aromatic rings. The summed E-state index contributed by atoms with van der Waals surface area (Å²) in [4.78, 5) is 2.36. The monoisotopic (exact) mass is 753 g/mol. The third-order valence-electron chi connectivity index (χ3n) is 11.9. The van der Waals surface area contributed by atoms with E-state index >= 15 is 0 Å².